The molecule has 0 radical (unpaired) electrons. The number of para-hydroxylation sites is 1. The van der Waals surface area contributed by atoms with Crippen molar-refractivity contribution in [2.45, 2.75) is 37.3 Å². The zero-order chi connectivity index (χ0) is 17.8. The van der Waals surface area contributed by atoms with Crippen LogP contribution in [0, 0.1) is 0 Å². The Morgan fingerprint density at radius 1 is 1.19 bits per heavy atom. The molecule has 1 amide bonds. The third-order valence-electron chi connectivity index (χ3n) is 5.57. The van der Waals surface area contributed by atoms with Crippen molar-refractivity contribution in [1.82, 2.24) is 10.3 Å². The number of benzene rings is 1. The van der Waals surface area contributed by atoms with Gasteiger partial charge in [-0.15, -0.1) is 0 Å². The summed E-state index contributed by atoms with van der Waals surface area (Å²) in [5.41, 5.74) is 1.87. The van der Waals surface area contributed by atoms with Crippen LogP contribution in [0.4, 0.5) is 0 Å². The van der Waals surface area contributed by atoms with E-state index in [1.165, 1.54) is 0 Å². The second kappa shape index (κ2) is 5.42. The maximum absolute atomic E-state index is 13.2. The lowest BCUT2D eigenvalue weighted by molar-refractivity contribution is -0.183. The van der Waals surface area contributed by atoms with Crippen LogP contribution < -0.4 is 5.32 Å². The quantitative estimate of drug-likeness (QED) is 0.779. The molecule has 132 valence electrons. The van der Waals surface area contributed by atoms with Crippen molar-refractivity contribution in [2.24, 2.45) is 0 Å². The molecule has 2 aliphatic heterocycles. The van der Waals surface area contributed by atoms with Gasteiger partial charge in [0.25, 0.3) is 5.91 Å². The molecule has 4 heterocycles. The maximum atomic E-state index is 13.2. The summed E-state index contributed by atoms with van der Waals surface area (Å²) in [5, 5.41) is 4.14. The van der Waals surface area contributed by atoms with Crippen molar-refractivity contribution in [3.8, 4) is 11.5 Å². The lowest BCUT2D eigenvalue weighted by Gasteiger charge is -2.58. The summed E-state index contributed by atoms with van der Waals surface area (Å²) >= 11 is 0. The predicted octanol–water partition coefficient (Wildman–Crippen LogP) is 3.94. The van der Waals surface area contributed by atoms with Crippen molar-refractivity contribution in [3.63, 3.8) is 0 Å². The topological polar surface area (TPSA) is 64.4 Å². The van der Waals surface area contributed by atoms with E-state index in [1.54, 1.807) is 6.26 Å². The second-order valence-electron chi connectivity index (χ2n) is 7.69. The van der Waals surface area contributed by atoms with Crippen LogP contribution in [0.25, 0.3) is 22.4 Å². The fourth-order valence-corrected chi connectivity index (χ4v) is 4.52. The van der Waals surface area contributed by atoms with Crippen molar-refractivity contribution in [3.05, 3.63) is 54.3 Å². The van der Waals surface area contributed by atoms with E-state index >= 15 is 0 Å². The molecule has 3 aromatic rings. The van der Waals surface area contributed by atoms with E-state index in [9.17, 15) is 4.79 Å². The van der Waals surface area contributed by atoms with E-state index in [1.807, 2.05) is 42.5 Å². The molecule has 2 saturated heterocycles. The Morgan fingerprint density at radius 2 is 2.04 bits per heavy atom. The molecule has 0 atom stereocenters. The number of pyridine rings is 1. The van der Waals surface area contributed by atoms with E-state index in [0.29, 0.717) is 23.6 Å². The number of carbonyl (C=O) groups is 1. The van der Waals surface area contributed by atoms with E-state index in [4.69, 9.17) is 9.15 Å². The van der Waals surface area contributed by atoms with Crippen LogP contribution in [0.1, 0.15) is 36.5 Å². The summed E-state index contributed by atoms with van der Waals surface area (Å²) in [7, 11) is 0. The SMILES string of the molecule is CC12CC(NC(=O)c3cc(-c4ccco4)nc4ccccc34)(CCO1)C2. The van der Waals surface area contributed by atoms with E-state index in [0.717, 1.165) is 30.2 Å². The number of nitrogens with zero attached hydrogens (tertiary/aromatic N) is 1. The number of hydrogen-bond acceptors (Lipinski definition) is 4. The average molecular weight is 348 g/mol. The van der Waals surface area contributed by atoms with Gasteiger partial charge in [0.1, 0.15) is 5.69 Å². The van der Waals surface area contributed by atoms with Crippen molar-refractivity contribution >= 4 is 16.8 Å². The highest BCUT2D eigenvalue weighted by molar-refractivity contribution is 6.07. The zero-order valence-corrected chi connectivity index (χ0v) is 14.6. The number of hydrogen-bond donors (Lipinski definition) is 1. The maximum Gasteiger partial charge on any atom is 0.252 e. The number of carbonyl (C=O) groups excluding carboxylic acids is 1. The summed E-state index contributed by atoms with van der Waals surface area (Å²) < 4.78 is 11.3. The Morgan fingerprint density at radius 3 is 2.81 bits per heavy atom. The third-order valence-corrected chi connectivity index (χ3v) is 5.57. The molecule has 1 aliphatic carbocycles. The molecule has 26 heavy (non-hydrogen) atoms. The number of furan rings is 1. The van der Waals surface area contributed by atoms with Gasteiger partial charge >= 0.3 is 0 Å². The smallest absolute Gasteiger partial charge is 0.252 e. The fourth-order valence-electron chi connectivity index (χ4n) is 4.52. The Bertz CT molecular complexity index is 988. The van der Waals surface area contributed by atoms with Crippen LogP contribution in [0.5, 0.6) is 0 Å². The first-order valence-electron chi connectivity index (χ1n) is 8.96. The molecule has 6 rings (SSSR count). The lowest BCUT2D eigenvalue weighted by atomic mass is 9.62. The molecule has 1 aromatic carbocycles. The minimum Gasteiger partial charge on any atom is -0.463 e. The molecule has 1 saturated carbocycles. The molecular weight excluding hydrogens is 328 g/mol. The largest absolute Gasteiger partial charge is 0.463 e. The van der Waals surface area contributed by atoms with E-state index < -0.39 is 0 Å². The van der Waals surface area contributed by atoms with E-state index in [-0.39, 0.29) is 17.0 Å². The number of amides is 1. The molecular formula is C21H20N2O3. The number of fused-ring (bicyclic) bond motifs is 3. The van der Waals surface area contributed by atoms with Gasteiger partial charge in [-0.25, -0.2) is 4.98 Å². The summed E-state index contributed by atoms with van der Waals surface area (Å²) in [6.45, 7) is 2.82. The van der Waals surface area contributed by atoms with Gasteiger partial charge in [-0.3, -0.25) is 4.79 Å². The first kappa shape index (κ1) is 15.6. The van der Waals surface area contributed by atoms with Gasteiger partial charge in [0.15, 0.2) is 5.76 Å². The molecule has 0 spiro atoms. The Hall–Kier alpha value is -2.66. The standard InChI is InChI=1S/C21H20N2O3/c1-20-12-21(13-20,8-10-26-20)23-19(24)15-11-17(18-7-4-9-25-18)22-16-6-3-2-5-14(15)16/h2-7,9,11H,8,10,12-13H2,1H3,(H,23,24). The molecule has 5 nitrogen and oxygen atoms in total. The number of rotatable bonds is 3. The molecule has 3 fully saturated rings. The van der Waals surface area contributed by atoms with Crippen LogP contribution in [0.2, 0.25) is 0 Å². The fraction of sp³-hybridized carbons (Fsp3) is 0.333. The van der Waals surface area contributed by atoms with Crippen molar-refractivity contribution in [1.29, 1.82) is 0 Å². The van der Waals surface area contributed by atoms with Crippen LogP contribution >= 0.6 is 0 Å². The molecule has 2 bridgehead atoms. The first-order chi connectivity index (χ1) is 12.6. The Kier molecular flexibility index (Phi) is 3.25. The molecule has 0 unspecified atom stereocenters. The number of aromatic nitrogens is 1. The van der Waals surface area contributed by atoms with Gasteiger partial charge in [0.05, 0.1) is 22.9 Å². The first-order valence-corrected chi connectivity index (χ1v) is 8.96. The summed E-state index contributed by atoms with van der Waals surface area (Å²) in [5.74, 6) is 0.602. The minimum atomic E-state index is -0.140. The van der Waals surface area contributed by atoms with Gasteiger partial charge in [-0.1, -0.05) is 18.2 Å². The second-order valence-corrected chi connectivity index (χ2v) is 7.69. The predicted molar refractivity (Wildman–Crippen MR) is 97.9 cm³/mol. The summed E-state index contributed by atoms with van der Waals surface area (Å²) in [6.07, 6.45) is 4.23. The monoisotopic (exact) mass is 348 g/mol. The van der Waals surface area contributed by atoms with Crippen LogP contribution in [0.3, 0.4) is 0 Å². The van der Waals surface area contributed by atoms with Gasteiger partial charge in [0.2, 0.25) is 0 Å². The molecule has 2 aromatic heterocycles. The Labute approximate surface area is 151 Å². The van der Waals surface area contributed by atoms with E-state index in [2.05, 4.69) is 17.2 Å². The van der Waals surface area contributed by atoms with Gasteiger partial charge < -0.3 is 14.5 Å². The molecule has 3 aliphatic rings. The van der Waals surface area contributed by atoms with Crippen molar-refractivity contribution in [2.75, 3.05) is 6.61 Å². The summed E-state index contributed by atoms with van der Waals surface area (Å²) in [4.78, 5) is 17.8. The Balaban J connectivity index is 1.54. The van der Waals surface area contributed by atoms with Gasteiger partial charge in [0, 0.05) is 17.5 Å². The van der Waals surface area contributed by atoms with Crippen LogP contribution in [-0.2, 0) is 4.74 Å². The minimum absolute atomic E-state index is 0.0552. The highest BCUT2D eigenvalue weighted by atomic mass is 16.5. The highest BCUT2D eigenvalue weighted by Gasteiger charge is 2.56. The van der Waals surface area contributed by atoms with Gasteiger partial charge in [-0.05, 0) is 50.5 Å². The highest BCUT2D eigenvalue weighted by Crippen LogP contribution is 2.50. The third kappa shape index (κ3) is 2.42. The van der Waals surface area contributed by atoms with Crippen LogP contribution in [0.15, 0.2) is 53.1 Å². The molecule has 1 N–H and O–H groups in total. The normalized spacial score (nSPS) is 27.1. The lowest BCUT2D eigenvalue weighted by Crippen LogP contribution is -2.68. The number of nitrogens with one attached hydrogen (secondary N) is 1. The summed E-state index contributed by atoms with van der Waals surface area (Å²) in [6, 6.07) is 13.2. The van der Waals surface area contributed by atoms with Crippen LogP contribution in [-0.4, -0.2) is 28.6 Å². The zero-order valence-electron chi connectivity index (χ0n) is 14.6. The number of ether oxygens (including phenoxy) is 1. The average Bonchev–Trinajstić information content (AvgIpc) is 3.14. The van der Waals surface area contributed by atoms with Crippen molar-refractivity contribution < 1.29 is 13.9 Å². The molecule has 5 heteroatoms. The van der Waals surface area contributed by atoms with Gasteiger partial charge in [-0.2, -0.15) is 0 Å².